The molecule has 18 heavy (non-hydrogen) atoms. The van der Waals surface area contributed by atoms with Crippen LogP contribution in [0.5, 0.6) is 0 Å². The molecule has 0 bridgehead atoms. The molecular weight excluding hydrogens is 234 g/mol. The maximum atomic E-state index is 11.8. The van der Waals surface area contributed by atoms with Gasteiger partial charge in [0.25, 0.3) is 0 Å². The first-order valence-electron chi connectivity index (χ1n) is 5.56. The fraction of sp³-hybridized carbons (Fsp3) is 0.462. The van der Waals surface area contributed by atoms with Gasteiger partial charge in [0, 0.05) is 19.9 Å². The van der Waals surface area contributed by atoms with E-state index in [0.29, 0.717) is 6.54 Å². The lowest BCUT2D eigenvalue weighted by Crippen LogP contribution is -2.40. The SMILES string of the molecule is C#CC(=O)C[C@@H]1[C@@H](OC(C)=O)CC(=O)N1CC=C. The predicted octanol–water partition coefficient (Wildman–Crippen LogP) is 0.297. The molecule has 1 fully saturated rings. The largest absolute Gasteiger partial charge is 0.460 e. The molecule has 96 valence electrons. The van der Waals surface area contributed by atoms with E-state index in [1.54, 1.807) is 6.08 Å². The minimum atomic E-state index is -0.618. The molecule has 0 spiro atoms. The molecule has 1 aliphatic heterocycles. The average Bonchev–Trinajstić information content (AvgIpc) is 2.56. The Bertz CT molecular complexity index is 421. The van der Waals surface area contributed by atoms with E-state index in [0.717, 1.165) is 0 Å². The highest BCUT2D eigenvalue weighted by Crippen LogP contribution is 2.25. The predicted molar refractivity (Wildman–Crippen MR) is 64.3 cm³/mol. The molecule has 1 rings (SSSR count). The minimum absolute atomic E-state index is 0.00593. The van der Waals surface area contributed by atoms with E-state index in [4.69, 9.17) is 11.2 Å². The van der Waals surface area contributed by atoms with Gasteiger partial charge < -0.3 is 9.64 Å². The summed E-state index contributed by atoms with van der Waals surface area (Å²) in [6.07, 6.45) is 6.03. The number of carbonyl (C=O) groups is 3. The fourth-order valence-electron chi connectivity index (χ4n) is 2.01. The van der Waals surface area contributed by atoms with Crippen LogP contribution in [-0.2, 0) is 19.1 Å². The summed E-state index contributed by atoms with van der Waals surface area (Å²) in [6.45, 7) is 5.12. The van der Waals surface area contributed by atoms with Crippen molar-refractivity contribution in [2.75, 3.05) is 6.54 Å². The molecule has 5 nitrogen and oxygen atoms in total. The van der Waals surface area contributed by atoms with Gasteiger partial charge >= 0.3 is 5.97 Å². The maximum Gasteiger partial charge on any atom is 0.302 e. The summed E-state index contributed by atoms with van der Waals surface area (Å²) in [7, 11) is 0. The van der Waals surface area contributed by atoms with Gasteiger partial charge in [-0.25, -0.2) is 0 Å². The van der Waals surface area contributed by atoms with E-state index < -0.39 is 23.9 Å². The Kier molecular flexibility index (Phi) is 4.67. The van der Waals surface area contributed by atoms with Crippen LogP contribution in [0.25, 0.3) is 0 Å². The summed E-state index contributed by atoms with van der Waals surface area (Å²) in [6, 6.07) is -0.497. The summed E-state index contributed by atoms with van der Waals surface area (Å²) in [5.74, 6) is 0.934. The number of ketones is 1. The topological polar surface area (TPSA) is 63.7 Å². The Balaban J connectivity index is 2.87. The third-order valence-electron chi connectivity index (χ3n) is 2.72. The van der Waals surface area contributed by atoms with Crippen LogP contribution in [0.4, 0.5) is 0 Å². The highest BCUT2D eigenvalue weighted by Gasteiger charge is 2.41. The average molecular weight is 249 g/mol. The zero-order valence-corrected chi connectivity index (χ0v) is 10.2. The highest BCUT2D eigenvalue weighted by molar-refractivity contribution is 5.96. The highest BCUT2D eigenvalue weighted by atomic mass is 16.5. The standard InChI is InChI=1S/C13H15NO4/c1-4-6-14-11(7-10(16)5-2)12(8-13(14)17)18-9(3)15/h2,4,11-12H,1,6-8H2,3H3/t11-,12+/m1/s1. The van der Waals surface area contributed by atoms with Crippen LogP contribution >= 0.6 is 0 Å². The summed E-state index contributed by atoms with van der Waals surface area (Å²) in [5.41, 5.74) is 0. The second-order valence-electron chi connectivity index (χ2n) is 4.03. The molecule has 0 radical (unpaired) electrons. The van der Waals surface area contributed by atoms with E-state index in [2.05, 4.69) is 6.58 Å². The number of hydrogen-bond acceptors (Lipinski definition) is 4. The van der Waals surface area contributed by atoms with E-state index in [1.807, 2.05) is 5.92 Å². The van der Waals surface area contributed by atoms with Gasteiger partial charge in [0.2, 0.25) is 11.7 Å². The van der Waals surface area contributed by atoms with E-state index in [9.17, 15) is 14.4 Å². The van der Waals surface area contributed by atoms with Crippen molar-refractivity contribution in [3.05, 3.63) is 12.7 Å². The first-order valence-corrected chi connectivity index (χ1v) is 5.56. The summed E-state index contributed by atoms with van der Waals surface area (Å²) >= 11 is 0. The number of nitrogens with zero attached hydrogens (tertiary/aromatic N) is 1. The Hall–Kier alpha value is -2.09. The Labute approximate surface area is 106 Å². The molecule has 1 aliphatic rings. The van der Waals surface area contributed by atoms with Crippen LogP contribution in [0.1, 0.15) is 19.8 Å². The molecule has 0 aromatic heterocycles. The van der Waals surface area contributed by atoms with Crippen molar-refractivity contribution < 1.29 is 19.1 Å². The van der Waals surface area contributed by atoms with Crippen molar-refractivity contribution in [1.82, 2.24) is 4.90 Å². The van der Waals surface area contributed by atoms with Gasteiger partial charge in [-0.3, -0.25) is 14.4 Å². The van der Waals surface area contributed by atoms with Crippen molar-refractivity contribution in [2.24, 2.45) is 0 Å². The number of carbonyl (C=O) groups excluding carboxylic acids is 3. The first kappa shape index (κ1) is 14.0. The lowest BCUT2D eigenvalue weighted by molar-refractivity contribution is -0.148. The molecule has 0 aliphatic carbocycles. The smallest absolute Gasteiger partial charge is 0.302 e. The van der Waals surface area contributed by atoms with Gasteiger partial charge in [-0.2, -0.15) is 0 Å². The second kappa shape index (κ2) is 6.01. The Morgan fingerprint density at radius 3 is 2.83 bits per heavy atom. The molecule has 0 aromatic rings. The van der Waals surface area contributed by atoms with Crippen molar-refractivity contribution in [2.45, 2.75) is 31.9 Å². The number of hydrogen-bond donors (Lipinski definition) is 0. The zero-order chi connectivity index (χ0) is 13.7. The van der Waals surface area contributed by atoms with Gasteiger partial charge in [-0.1, -0.05) is 6.08 Å². The number of esters is 1. The summed E-state index contributed by atoms with van der Waals surface area (Å²) in [5, 5.41) is 0. The molecule has 0 unspecified atom stereocenters. The number of Topliss-reactive ketones (excluding diaryl/α,β-unsaturated/α-hetero) is 1. The lowest BCUT2D eigenvalue weighted by Gasteiger charge is -2.25. The Morgan fingerprint density at radius 2 is 2.33 bits per heavy atom. The van der Waals surface area contributed by atoms with Crippen LogP contribution in [0.3, 0.4) is 0 Å². The van der Waals surface area contributed by atoms with Crippen LogP contribution in [0.2, 0.25) is 0 Å². The van der Waals surface area contributed by atoms with Crippen LogP contribution in [0, 0.1) is 12.3 Å². The third-order valence-corrected chi connectivity index (χ3v) is 2.72. The molecule has 2 atom stereocenters. The van der Waals surface area contributed by atoms with Gasteiger partial charge in [-0.15, -0.1) is 13.0 Å². The van der Waals surface area contributed by atoms with Crippen LogP contribution < -0.4 is 0 Å². The van der Waals surface area contributed by atoms with Gasteiger partial charge in [0.05, 0.1) is 12.5 Å². The summed E-state index contributed by atoms with van der Waals surface area (Å²) in [4.78, 5) is 35.5. The van der Waals surface area contributed by atoms with E-state index in [-0.39, 0.29) is 18.7 Å². The van der Waals surface area contributed by atoms with Gasteiger partial charge in [0.15, 0.2) is 0 Å². The second-order valence-corrected chi connectivity index (χ2v) is 4.03. The van der Waals surface area contributed by atoms with Crippen molar-refractivity contribution >= 4 is 17.7 Å². The van der Waals surface area contributed by atoms with Crippen molar-refractivity contribution in [3.8, 4) is 12.3 Å². The molecule has 1 amide bonds. The fourth-order valence-corrected chi connectivity index (χ4v) is 2.01. The molecule has 1 heterocycles. The summed E-state index contributed by atoms with van der Waals surface area (Å²) < 4.78 is 5.06. The van der Waals surface area contributed by atoms with Crippen LogP contribution in [0.15, 0.2) is 12.7 Å². The quantitative estimate of drug-likeness (QED) is 0.304. The Morgan fingerprint density at radius 1 is 1.67 bits per heavy atom. The van der Waals surface area contributed by atoms with Crippen molar-refractivity contribution in [3.63, 3.8) is 0 Å². The zero-order valence-electron chi connectivity index (χ0n) is 10.2. The van der Waals surface area contributed by atoms with E-state index in [1.165, 1.54) is 11.8 Å². The minimum Gasteiger partial charge on any atom is -0.460 e. The maximum absolute atomic E-state index is 11.8. The van der Waals surface area contributed by atoms with Gasteiger partial charge in [0.1, 0.15) is 6.10 Å². The van der Waals surface area contributed by atoms with Crippen molar-refractivity contribution in [1.29, 1.82) is 0 Å². The normalized spacial score (nSPS) is 22.4. The monoisotopic (exact) mass is 249 g/mol. The number of amides is 1. The number of rotatable bonds is 5. The number of likely N-dealkylation sites (tertiary alicyclic amines) is 1. The molecular formula is C13H15NO4. The van der Waals surface area contributed by atoms with Gasteiger partial charge in [-0.05, 0) is 5.92 Å². The molecule has 0 saturated carbocycles. The molecule has 0 aromatic carbocycles. The first-order chi connectivity index (χ1) is 8.49. The number of ether oxygens (including phenoxy) is 1. The molecule has 0 N–H and O–H groups in total. The van der Waals surface area contributed by atoms with E-state index >= 15 is 0 Å². The van der Waals surface area contributed by atoms with Crippen LogP contribution in [-0.4, -0.2) is 41.3 Å². The molecule has 5 heteroatoms. The third kappa shape index (κ3) is 3.20. The number of terminal acetylenes is 1. The lowest BCUT2D eigenvalue weighted by atomic mass is 10.1. The molecule has 1 saturated heterocycles.